The fourth-order valence-corrected chi connectivity index (χ4v) is 4.24. The highest BCUT2D eigenvalue weighted by Crippen LogP contribution is 2.26. The van der Waals surface area contributed by atoms with Gasteiger partial charge in [0.05, 0.1) is 5.69 Å². The van der Waals surface area contributed by atoms with E-state index in [1.807, 2.05) is 0 Å². The second-order valence-electron chi connectivity index (χ2n) is 4.27. The van der Waals surface area contributed by atoms with Crippen molar-refractivity contribution in [3.8, 4) is 0 Å². The number of aryl methyl sites for hydroxylation is 1. The highest BCUT2D eigenvalue weighted by atomic mass is 35.5. The average molecular weight is 297 g/mol. The van der Waals surface area contributed by atoms with Crippen LogP contribution in [0.15, 0.2) is 4.21 Å². The fraction of sp³-hybridized carbons (Fsp3) is 0.700. The van der Waals surface area contributed by atoms with Crippen molar-refractivity contribution >= 4 is 33.0 Å². The van der Waals surface area contributed by atoms with E-state index < -0.39 is 10.0 Å². The highest BCUT2D eigenvalue weighted by Gasteiger charge is 2.20. The molecule has 1 rings (SSSR count). The summed E-state index contributed by atoms with van der Waals surface area (Å²) in [5, 5.41) is 0. The Morgan fingerprint density at radius 2 is 2.12 bits per heavy atom. The van der Waals surface area contributed by atoms with Crippen LogP contribution < -0.4 is 4.72 Å². The van der Waals surface area contributed by atoms with E-state index in [4.69, 9.17) is 11.6 Å². The summed E-state index contributed by atoms with van der Waals surface area (Å²) in [5.74, 6) is 0.582. The molecule has 7 heteroatoms. The molecule has 0 fully saturated rings. The van der Waals surface area contributed by atoms with Crippen molar-refractivity contribution in [2.45, 2.75) is 37.8 Å². The minimum atomic E-state index is -3.45. The van der Waals surface area contributed by atoms with Gasteiger partial charge in [0, 0.05) is 6.54 Å². The molecule has 0 bridgehead atoms. The second-order valence-corrected chi connectivity index (χ2v) is 7.82. The molecule has 4 nitrogen and oxygen atoms in total. The van der Waals surface area contributed by atoms with Gasteiger partial charge < -0.3 is 0 Å². The molecule has 1 aromatic heterocycles. The lowest BCUT2D eigenvalue weighted by atomic mass is 10.1. The van der Waals surface area contributed by atoms with Crippen molar-refractivity contribution in [1.29, 1.82) is 0 Å². The molecule has 17 heavy (non-hydrogen) atoms. The molecule has 0 amide bonds. The van der Waals surface area contributed by atoms with E-state index in [2.05, 4.69) is 23.6 Å². The molecule has 0 saturated heterocycles. The zero-order valence-corrected chi connectivity index (χ0v) is 12.5. The van der Waals surface area contributed by atoms with Gasteiger partial charge in [0.2, 0.25) is 0 Å². The third kappa shape index (κ3) is 4.54. The largest absolute Gasteiger partial charge is 0.251 e. The average Bonchev–Trinajstić information content (AvgIpc) is 2.53. The maximum absolute atomic E-state index is 11.9. The zero-order chi connectivity index (χ0) is 13.1. The summed E-state index contributed by atoms with van der Waals surface area (Å²) in [6.07, 6.45) is 1.84. The standard InChI is InChI=1S/C10H17ClN2O2S2/c1-7(2)5-4-6-12-17(14,15)9-8(3)13-10(11)16-9/h7,12H,4-6H2,1-3H3. The van der Waals surface area contributed by atoms with Crippen molar-refractivity contribution in [2.24, 2.45) is 5.92 Å². The van der Waals surface area contributed by atoms with Crippen LogP contribution in [0, 0.1) is 12.8 Å². The van der Waals surface area contributed by atoms with E-state index in [1.54, 1.807) is 6.92 Å². The summed E-state index contributed by atoms with van der Waals surface area (Å²) in [6.45, 7) is 6.32. The summed E-state index contributed by atoms with van der Waals surface area (Å²) >= 11 is 6.68. The second kappa shape index (κ2) is 6.13. The Balaban J connectivity index is 2.60. The first-order valence-corrected chi connectivity index (χ1v) is 8.13. The maximum Gasteiger partial charge on any atom is 0.251 e. The van der Waals surface area contributed by atoms with Gasteiger partial charge in [-0.15, -0.1) is 0 Å². The van der Waals surface area contributed by atoms with Gasteiger partial charge in [-0.1, -0.05) is 36.8 Å². The molecule has 0 aliphatic carbocycles. The third-order valence-corrected chi connectivity index (χ3v) is 5.55. The molecule has 0 radical (unpaired) electrons. The lowest BCUT2D eigenvalue weighted by molar-refractivity contribution is 0.540. The summed E-state index contributed by atoms with van der Waals surface area (Å²) in [6, 6.07) is 0. The molecular weight excluding hydrogens is 280 g/mol. The van der Waals surface area contributed by atoms with Gasteiger partial charge >= 0.3 is 0 Å². The lowest BCUT2D eigenvalue weighted by Crippen LogP contribution is -2.24. The van der Waals surface area contributed by atoms with Gasteiger partial charge in [-0.25, -0.2) is 18.1 Å². The Kier molecular flexibility index (Phi) is 5.37. The molecule has 0 saturated carbocycles. The van der Waals surface area contributed by atoms with Crippen LogP contribution in [0.5, 0.6) is 0 Å². The number of thiazole rings is 1. The Labute approximate surface area is 111 Å². The number of sulfonamides is 1. The number of hydrogen-bond donors (Lipinski definition) is 1. The SMILES string of the molecule is Cc1nc(Cl)sc1S(=O)(=O)NCCCC(C)C. The van der Waals surface area contributed by atoms with Gasteiger partial charge in [0.15, 0.2) is 8.68 Å². The first-order valence-electron chi connectivity index (χ1n) is 5.45. The predicted molar refractivity (Wildman–Crippen MR) is 71.1 cm³/mol. The van der Waals surface area contributed by atoms with Crippen LogP contribution in [0.1, 0.15) is 32.4 Å². The van der Waals surface area contributed by atoms with E-state index in [9.17, 15) is 8.42 Å². The third-order valence-electron chi connectivity index (χ3n) is 2.22. The normalized spacial score (nSPS) is 12.3. The van der Waals surface area contributed by atoms with E-state index in [-0.39, 0.29) is 8.68 Å². The Hall–Kier alpha value is -0.170. The molecular formula is C10H17ClN2O2S2. The quantitative estimate of drug-likeness (QED) is 0.821. The van der Waals surface area contributed by atoms with Crippen molar-refractivity contribution < 1.29 is 8.42 Å². The fourth-order valence-electron chi connectivity index (χ4n) is 1.38. The predicted octanol–water partition coefficient (Wildman–Crippen LogP) is 2.82. The van der Waals surface area contributed by atoms with Crippen molar-refractivity contribution in [3.05, 3.63) is 10.2 Å². The molecule has 98 valence electrons. The van der Waals surface area contributed by atoms with E-state index in [0.717, 1.165) is 24.2 Å². The van der Waals surface area contributed by atoms with E-state index in [0.29, 0.717) is 18.2 Å². The molecule has 0 spiro atoms. The van der Waals surface area contributed by atoms with Crippen LogP contribution >= 0.6 is 22.9 Å². The molecule has 1 heterocycles. The van der Waals surface area contributed by atoms with Crippen LogP contribution in [0.4, 0.5) is 0 Å². The van der Waals surface area contributed by atoms with E-state index in [1.165, 1.54) is 0 Å². The highest BCUT2D eigenvalue weighted by molar-refractivity contribution is 7.91. The van der Waals surface area contributed by atoms with Gasteiger partial charge in [-0.2, -0.15) is 0 Å². The Morgan fingerprint density at radius 1 is 1.47 bits per heavy atom. The molecule has 1 aromatic rings. The number of nitrogens with zero attached hydrogens (tertiary/aromatic N) is 1. The molecule has 0 atom stereocenters. The number of nitrogens with one attached hydrogen (secondary N) is 1. The van der Waals surface area contributed by atoms with Crippen LogP contribution in [-0.4, -0.2) is 19.9 Å². The number of hydrogen-bond acceptors (Lipinski definition) is 4. The molecule has 1 N–H and O–H groups in total. The topological polar surface area (TPSA) is 59.1 Å². The number of rotatable bonds is 6. The molecule has 0 unspecified atom stereocenters. The minimum absolute atomic E-state index is 0.215. The van der Waals surface area contributed by atoms with Crippen LogP contribution in [0.2, 0.25) is 4.47 Å². The summed E-state index contributed by atoms with van der Waals surface area (Å²) in [5.41, 5.74) is 0.455. The van der Waals surface area contributed by atoms with Crippen molar-refractivity contribution in [1.82, 2.24) is 9.71 Å². The first-order chi connectivity index (χ1) is 7.83. The monoisotopic (exact) mass is 296 g/mol. The van der Waals surface area contributed by atoms with Gasteiger partial charge in [0.25, 0.3) is 10.0 Å². The molecule has 0 aliphatic heterocycles. The number of aromatic nitrogens is 1. The Morgan fingerprint density at radius 3 is 2.59 bits per heavy atom. The minimum Gasteiger partial charge on any atom is -0.229 e. The van der Waals surface area contributed by atoms with Gasteiger partial charge in [0.1, 0.15) is 0 Å². The van der Waals surface area contributed by atoms with Gasteiger partial charge in [-0.3, -0.25) is 0 Å². The first kappa shape index (κ1) is 14.9. The Bertz CT molecular complexity index is 469. The smallest absolute Gasteiger partial charge is 0.229 e. The molecule has 0 aliphatic rings. The lowest BCUT2D eigenvalue weighted by Gasteiger charge is -2.06. The van der Waals surface area contributed by atoms with Crippen molar-refractivity contribution in [2.75, 3.05) is 6.54 Å². The van der Waals surface area contributed by atoms with Gasteiger partial charge in [-0.05, 0) is 25.7 Å². The summed E-state index contributed by atoms with van der Waals surface area (Å²) < 4.78 is 26.9. The van der Waals surface area contributed by atoms with E-state index >= 15 is 0 Å². The summed E-state index contributed by atoms with van der Waals surface area (Å²) in [7, 11) is -3.45. The molecule has 0 aromatic carbocycles. The van der Waals surface area contributed by atoms with Crippen LogP contribution in [-0.2, 0) is 10.0 Å². The van der Waals surface area contributed by atoms with Crippen molar-refractivity contribution in [3.63, 3.8) is 0 Å². The maximum atomic E-state index is 11.9. The zero-order valence-electron chi connectivity index (χ0n) is 10.2. The summed E-state index contributed by atoms with van der Waals surface area (Å²) in [4.78, 5) is 3.90. The number of halogens is 1. The van der Waals surface area contributed by atoms with Crippen LogP contribution in [0.3, 0.4) is 0 Å². The van der Waals surface area contributed by atoms with Crippen LogP contribution in [0.25, 0.3) is 0 Å².